The standard InChI is InChI=1S/C51H33N5.C30H20N2.C21H14BrN3/c1-4-15-34(16-5-1)49-52-50(35-17-6-2-7-18-35)54-51(53-49)38-19-14-22-40(31-38)56-46-26-13-11-24-42(46)44-32-36(28-30-47(44)56)37-27-29-43-41-23-10-12-25-45(41)55(48(43)33-37)39-20-8-3-9-21-39;1-2-8-22(9-3-1)32-29-13-7-5-11-24(29)25-16-14-21(19-30(25)32)20-15-17-28-26(18-20)23-10-4-6-12-27(23)31-28;22-18-13-7-12-17(14-18)21-24-19(15-8-3-1-4-9-15)23-20(25-21)16-10-5-2-6-11-16/h1-33H;1-19,31H;1-14H. The number of fused-ring (bicyclic) bond motifs is 12. The van der Waals surface area contributed by atoms with Crippen LogP contribution in [0.5, 0.6) is 0 Å². The molecule has 532 valence electrons. The molecule has 0 fully saturated rings. The third-order valence-electron chi connectivity index (χ3n) is 21.1. The monoisotopic (exact) mass is 1510 g/mol. The van der Waals surface area contributed by atoms with Crippen LogP contribution in [0.4, 0.5) is 0 Å². The molecule has 0 saturated heterocycles. The van der Waals surface area contributed by atoms with Gasteiger partial charge >= 0.3 is 0 Å². The van der Waals surface area contributed by atoms with Crippen molar-refractivity contribution in [3.63, 3.8) is 0 Å². The van der Waals surface area contributed by atoms with Crippen LogP contribution in [-0.4, -0.2) is 48.6 Å². The molecule has 22 rings (SSSR count). The molecule has 0 atom stereocenters. The quantitative estimate of drug-likeness (QED) is 0.138. The Labute approximate surface area is 659 Å². The van der Waals surface area contributed by atoms with Gasteiger partial charge in [0.1, 0.15) is 0 Å². The van der Waals surface area contributed by atoms with Gasteiger partial charge in [-0.25, -0.2) is 29.9 Å². The summed E-state index contributed by atoms with van der Waals surface area (Å²) in [6, 6.07) is 140. The zero-order valence-corrected chi connectivity index (χ0v) is 62.6. The van der Waals surface area contributed by atoms with Crippen LogP contribution in [0.2, 0.25) is 0 Å². The second-order valence-corrected chi connectivity index (χ2v) is 28.9. The summed E-state index contributed by atoms with van der Waals surface area (Å²) < 4.78 is 8.10. The zero-order valence-electron chi connectivity index (χ0n) is 61.0. The van der Waals surface area contributed by atoms with Gasteiger partial charge in [-0.3, -0.25) is 0 Å². The van der Waals surface area contributed by atoms with E-state index >= 15 is 0 Å². The van der Waals surface area contributed by atoms with Crippen LogP contribution in [0.25, 0.3) is 195 Å². The summed E-state index contributed by atoms with van der Waals surface area (Å²) in [6.45, 7) is 0. The Hall–Kier alpha value is -14.8. The number of rotatable bonds is 11. The number of para-hydroxylation sites is 6. The topological polar surface area (TPSA) is 108 Å². The van der Waals surface area contributed by atoms with Crippen LogP contribution in [0.15, 0.2) is 405 Å². The Bertz CT molecular complexity index is 7190. The molecule has 22 aromatic rings. The Balaban J connectivity index is 0.000000122. The maximum absolute atomic E-state index is 5.02. The molecule has 0 saturated carbocycles. The van der Waals surface area contributed by atoms with Gasteiger partial charge in [-0.2, -0.15) is 0 Å². The molecule has 0 unspecified atom stereocenters. The maximum atomic E-state index is 5.02. The van der Waals surface area contributed by atoms with Gasteiger partial charge < -0.3 is 18.7 Å². The minimum atomic E-state index is 0.630. The number of aromatic amines is 1. The van der Waals surface area contributed by atoms with Gasteiger partial charge in [0.15, 0.2) is 34.9 Å². The van der Waals surface area contributed by atoms with Gasteiger partial charge in [0, 0.05) is 109 Å². The van der Waals surface area contributed by atoms with Crippen LogP contribution in [0.1, 0.15) is 0 Å². The van der Waals surface area contributed by atoms with Crippen molar-refractivity contribution >= 4 is 103 Å². The Kier molecular flexibility index (Phi) is 17.5. The second-order valence-electron chi connectivity index (χ2n) is 28.0. The molecule has 0 radical (unpaired) electrons. The first kappa shape index (κ1) is 67.6. The molecule has 1 N–H and O–H groups in total. The SMILES string of the molecule is Brc1cccc(-c2nc(-c3ccccc3)nc(-c3ccccc3)n2)c1.c1ccc(-c2nc(-c3ccccc3)nc(-c3cccc(-n4c5ccccc5c5cc(-c6ccc7c8ccccc8n(-c8ccccc8)c7c6)ccc54)c3)n2)cc1.c1ccc(-n2c3ccccc3c3ccc(-c4ccc5[nH]c6ccccc6c5c4)cc32)cc1. The van der Waals surface area contributed by atoms with Crippen molar-refractivity contribution in [2.75, 3.05) is 0 Å². The van der Waals surface area contributed by atoms with E-state index in [0.29, 0.717) is 34.9 Å². The molecule has 0 spiro atoms. The third kappa shape index (κ3) is 12.9. The predicted octanol–water partition coefficient (Wildman–Crippen LogP) is 26.5. The molecule has 6 heterocycles. The molecule has 0 aliphatic heterocycles. The lowest BCUT2D eigenvalue weighted by atomic mass is 10.0. The van der Waals surface area contributed by atoms with Gasteiger partial charge in [-0.1, -0.05) is 307 Å². The summed E-state index contributed by atoms with van der Waals surface area (Å²) in [6.07, 6.45) is 0. The van der Waals surface area contributed by atoms with Gasteiger partial charge in [0.25, 0.3) is 0 Å². The van der Waals surface area contributed by atoms with Crippen LogP contribution >= 0.6 is 15.9 Å². The number of nitrogens with zero attached hydrogens (tertiary/aromatic N) is 9. The molecule has 0 amide bonds. The number of halogens is 1. The van der Waals surface area contributed by atoms with Gasteiger partial charge in [-0.15, -0.1) is 0 Å². The minimum Gasteiger partial charge on any atom is -0.355 e. The van der Waals surface area contributed by atoms with E-state index in [2.05, 4.69) is 294 Å². The Morgan fingerprint density at radius 2 is 0.478 bits per heavy atom. The molecule has 10 nitrogen and oxygen atoms in total. The maximum Gasteiger partial charge on any atom is 0.164 e. The van der Waals surface area contributed by atoms with Gasteiger partial charge in [0.2, 0.25) is 0 Å². The molecular formula is C102H67BrN10. The average molecular weight is 1510 g/mol. The number of nitrogens with one attached hydrogen (secondary N) is 1. The Morgan fingerprint density at radius 3 is 0.938 bits per heavy atom. The van der Waals surface area contributed by atoms with E-state index in [1.807, 2.05) is 146 Å². The van der Waals surface area contributed by atoms with Crippen molar-refractivity contribution in [1.29, 1.82) is 0 Å². The van der Waals surface area contributed by atoms with Crippen molar-refractivity contribution in [1.82, 2.24) is 48.6 Å². The average Bonchev–Trinajstić information content (AvgIpc) is 1.59. The van der Waals surface area contributed by atoms with Crippen molar-refractivity contribution < 1.29 is 0 Å². The smallest absolute Gasteiger partial charge is 0.164 e. The lowest BCUT2D eigenvalue weighted by molar-refractivity contribution is 1.07. The van der Waals surface area contributed by atoms with E-state index in [1.165, 1.54) is 104 Å². The highest BCUT2D eigenvalue weighted by molar-refractivity contribution is 9.10. The van der Waals surface area contributed by atoms with Crippen LogP contribution in [0, 0.1) is 0 Å². The van der Waals surface area contributed by atoms with Crippen LogP contribution < -0.4 is 0 Å². The van der Waals surface area contributed by atoms with Crippen LogP contribution in [-0.2, 0) is 0 Å². The summed E-state index contributed by atoms with van der Waals surface area (Å²) in [5, 5.41) is 9.99. The summed E-state index contributed by atoms with van der Waals surface area (Å²) in [5.41, 5.74) is 23.4. The fraction of sp³-hybridized carbons (Fsp3) is 0. The summed E-state index contributed by atoms with van der Waals surface area (Å²) in [7, 11) is 0. The number of hydrogen-bond donors (Lipinski definition) is 1. The predicted molar refractivity (Wildman–Crippen MR) is 470 cm³/mol. The largest absolute Gasteiger partial charge is 0.355 e. The van der Waals surface area contributed by atoms with E-state index in [-0.39, 0.29) is 0 Å². The first-order valence-corrected chi connectivity index (χ1v) is 38.5. The molecule has 113 heavy (non-hydrogen) atoms. The van der Waals surface area contributed by atoms with Crippen molar-refractivity contribution in [3.05, 3.63) is 405 Å². The van der Waals surface area contributed by atoms with Crippen molar-refractivity contribution in [2.45, 2.75) is 0 Å². The molecule has 0 aliphatic carbocycles. The highest BCUT2D eigenvalue weighted by atomic mass is 79.9. The third-order valence-corrected chi connectivity index (χ3v) is 21.6. The van der Waals surface area contributed by atoms with E-state index < -0.39 is 0 Å². The summed E-state index contributed by atoms with van der Waals surface area (Å²) in [5.74, 6) is 3.92. The molecule has 11 heteroatoms. The molecule has 0 aliphatic rings. The zero-order chi connectivity index (χ0) is 75.1. The number of H-pyrrole nitrogens is 1. The van der Waals surface area contributed by atoms with Crippen molar-refractivity contribution in [3.8, 4) is 108 Å². The lowest BCUT2D eigenvalue weighted by Gasteiger charge is -2.12. The lowest BCUT2D eigenvalue weighted by Crippen LogP contribution is -2.01. The fourth-order valence-corrected chi connectivity index (χ4v) is 16.2. The van der Waals surface area contributed by atoms with E-state index in [4.69, 9.17) is 24.9 Å². The first-order valence-electron chi connectivity index (χ1n) is 37.8. The van der Waals surface area contributed by atoms with E-state index in [0.717, 1.165) is 60.3 Å². The van der Waals surface area contributed by atoms with Crippen LogP contribution in [0.3, 0.4) is 0 Å². The number of aromatic nitrogens is 10. The van der Waals surface area contributed by atoms with E-state index in [1.54, 1.807) is 0 Å². The molecule has 16 aromatic carbocycles. The number of benzene rings is 16. The van der Waals surface area contributed by atoms with Crippen molar-refractivity contribution in [2.24, 2.45) is 0 Å². The minimum absolute atomic E-state index is 0.630. The fourth-order valence-electron chi connectivity index (χ4n) is 15.8. The number of hydrogen-bond acceptors (Lipinski definition) is 6. The first-order chi connectivity index (χ1) is 55.9. The molecule has 0 bridgehead atoms. The van der Waals surface area contributed by atoms with Gasteiger partial charge in [0.05, 0.1) is 33.1 Å². The van der Waals surface area contributed by atoms with E-state index in [9.17, 15) is 0 Å². The second kappa shape index (κ2) is 29.3. The molecular weight excluding hydrogens is 1450 g/mol. The highest BCUT2D eigenvalue weighted by Gasteiger charge is 2.21. The highest BCUT2D eigenvalue weighted by Crippen LogP contribution is 2.41. The summed E-state index contributed by atoms with van der Waals surface area (Å²) >= 11 is 3.52. The molecule has 6 aromatic heterocycles. The normalized spacial score (nSPS) is 11.4. The summed E-state index contributed by atoms with van der Waals surface area (Å²) in [4.78, 5) is 32.6. The Morgan fingerprint density at radius 1 is 0.177 bits per heavy atom. The van der Waals surface area contributed by atoms with Gasteiger partial charge in [-0.05, 0) is 131 Å².